The van der Waals surface area contributed by atoms with Gasteiger partial charge in [-0.1, -0.05) is 24.3 Å². The highest BCUT2D eigenvalue weighted by Gasteiger charge is 2.50. The molecule has 0 atom stereocenters. The molecule has 1 aliphatic carbocycles. The number of carbonyl (C=O) groups is 1. The Bertz CT molecular complexity index is 520. The third-order valence-corrected chi connectivity index (χ3v) is 4.64. The van der Waals surface area contributed by atoms with E-state index in [2.05, 4.69) is 34.5 Å². The number of hydrogen-bond donors (Lipinski definition) is 1. The van der Waals surface area contributed by atoms with E-state index in [-0.39, 0.29) is 5.97 Å². The minimum atomic E-state index is -0.416. The van der Waals surface area contributed by atoms with E-state index >= 15 is 0 Å². The number of hydrogen-bond acceptors (Lipinski definition) is 4. The van der Waals surface area contributed by atoms with E-state index in [0.29, 0.717) is 6.61 Å². The quantitative estimate of drug-likeness (QED) is 0.786. The van der Waals surface area contributed by atoms with Crippen LogP contribution in [0.15, 0.2) is 24.3 Å². The Labute approximate surface area is 132 Å². The number of likely N-dealkylation sites (tertiary alicyclic amines) is 1. The Morgan fingerprint density at radius 1 is 1.27 bits per heavy atom. The minimum Gasteiger partial charge on any atom is -0.465 e. The minimum absolute atomic E-state index is 0.0942. The molecular weight excluding hydrogens is 276 g/mol. The zero-order valence-electron chi connectivity index (χ0n) is 13.4. The van der Waals surface area contributed by atoms with Gasteiger partial charge in [0.1, 0.15) is 5.54 Å². The molecule has 1 aromatic carbocycles. The van der Waals surface area contributed by atoms with Gasteiger partial charge in [0, 0.05) is 13.1 Å². The summed E-state index contributed by atoms with van der Waals surface area (Å²) in [6, 6.07) is 8.70. The van der Waals surface area contributed by atoms with Crippen LogP contribution in [0.5, 0.6) is 0 Å². The molecular formula is C18H26N2O2. The van der Waals surface area contributed by atoms with Crippen molar-refractivity contribution >= 4 is 5.97 Å². The molecule has 1 aliphatic heterocycles. The van der Waals surface area contributed by atoms with E-state index < -0.39 is 5.54 Å². The fourth-order valence-corrected chi connectivity index (χ4v) is 3.16. The number of nitrogens with zero attached hydrogens (tertiary/aromatic N) is 1. The Kier molecular flexibility index (Phi) is 4.79. The molecule has 1 saturated heterocycles. The van der Waals surface area contributed by atoms with Crippen LogP contribution >= 0.6 is 0 Å². The predicted octanol–water partition coefficient (Wildman–Crippen LogP) is 2.47. The van der Waals surface area contributed by atoms with Crippen LogP contribution in [-0.4, -0.2) is 36.1 Å². The van der Waals surface area contributed by atoms with Crippen molar-refractivity contribution in [3.05, 3.63) is 35.4 Å². The SMILES string of the molecule is CCOC(=O)C1(NCc2cccc(CN3CCCC3)c2)CC1. The Morgan fingerprint density at radius 2 is 2.00 bits per heavy atom. The van der Waals surface area contributed by atoms with Crippen LogP contribution < -0.4 is 5.32 Å². The number of nitrogens with one attached hydrogen (secondary N) is 1. The second kappa shape index (κ2) is 6.80. The zero-order chi connectivity index (χ0) is 15.4. The molecule has 0 spiro atoms. The molecule has 4 heteroatoms. The Balaban J connectivity index is 1.55. The molecule has 1 heterocycles. The summed E-state index contributed by atoms with van der Waals surface area (Å²) in [4.78, 5) is 14.5. The van der Waals surface area contributed by atoms with Crippen molar-refractivity contribution in [2.75, 3.05) is 19.7 Å². The molecule has 0 radical (unpaired) electrons. The summed E-state index contributed by atoms with van der Waals surface area (Å²) in [6.07, 6.45) is 4.42. The molecule has 4 nitrogen and oxygen atoms in total. The summed E-state index contributed by atoms with van der Waals surface area (Å²) >= 11 is 0. The number of esters is 1. The van der Waals surface area contributed by atoms with E-state index in [9.17, 15) is 4.79 Å². The first-order chi connectivity index (χ1) is 10.7. The summed E-state index contributed by atoms with van der Waals surface area (Å²) in [5.41, 5.74) is 2.19. The lowest BCUT2D eigenvalue weighted by Gasteiger charge is -2.17. The highest BCUT2D eigenvalue weighted by atomic mass is 16.5. The number of rotatable bonds is 7. The normalized spacial score (nSPS) is 20.0. The maximum absolute atomic E-state index is 12.0. The van der Waals surface area contributed by atoms with Gasteiger partial charge in [-0.25, -0.2) is 0 Å². The van der Waals surface area contributed by atoms with Crippen LogP contribution in [0.2, 0.25) is 0 Å². The first kappa shape index (κ1) is 15.5. The Morgan fingerprint density at radius 3 is 2.68 bits per heavy atom. The van der Waals surface area contributed by atoms with Crippen molar-refractivity contribution in [3.63, 3.8) is 0 Å². The summed E-state index contributed by atoms with van der Waals surface area (Å²) in [5.74, 6) is -0.0942. The lowest BCUT2D eigenvalue weighted by molar-refractivity contribution is -0.147. The van der Waals surface area contributed by atoms with Crippen LogP contribution in [0.3, 0.4) is 0 Å². The number of benzene rings is 1. The van der Waals surface area contributed by atoms with E-state index in [1.54, 1.807) is 0 Å². The van der Waals surface area contributed by atoms with Crippen LogP contribution in [-0.2, 0) is 22.6 Å². The maximum atomic E-state index is 12.0. The van der Waals surface area contributed by atoms with Crippen molar-refractivity contribution in [2.24, 2.45) is 0 Å². The summed E-state index contributed by atoms with van der Waals surface area (Å²) < 4.78 is 5.16. The van der Waals surface area contributed by atoms with Crippen molar-refractivity contribution in [3.8, 4) is 0 Å². The van der Waals surface area contributed by atoms with Gasteiger partial charge in [-0.3, -0.25) is 15.0 Å². The molecule has 0 unspecified atom stereocenters. The molecule has 1 aromatic rings. The van der Waals surface area contributed by atoms with Gasteiger partial charge in [-0.2, -0.15) is 0 Å². The monoisotopic (exact) mass is 302 g/mol. The van der Waals surface area contributed by atoms with Gasteiger partial charge >= 0.3 is 5.97 Å². The van der Waals surface area contributed by atoms with E-state index in [4.69, 9.17) is 4.74 Å². The third-order valence-electron chi connectivity index (χ3n) is 4.64. The van der Waals surface area contributed by atoms with E-state index in [1.807, 2.05) is 6.92 Å². The lowest BCUT2D eigenvalue weighted by atomic mass is 10.1. The number of carbonyl (C=O) groups excluding carboxylic acids is 1. The second-order valence-corrected chi connectivity index (χ2v) is 6.46. The highest BCUT2D eigenvalue weighted by Crippen LogP contribution is 2.37. The lowest BCUT2D eigenvalue weighted by Crippen LogP contribution is -2.40. The summed E-state index contributed by atoms with van der Waals surface area (Å²) in [5, 5.41) is 3.40. The van der Waals surface area contributed by atoms with Crippen LogP contribution in [0.1, 0.15) is 43.7 Å². The molecule has 0 amide bonds. The van der Waals surface area contributed by atoms with Crippen LogP contribution in [0.25, 0.3) is 0 Å². The molecule has 0 bridgehead atoms. The van der Waals surface area contributed by atoms with Crippen molar-refractivity contribution in [2.45, 2.75) is 51.2 Å². The molecule has 0 aromatic heterocycles. The maximum Gasteiger partial charge on any atom is 0.326 e. The van der Waals surface area contributed by atoms with Gasteiger partial charge in [-0.15, -0.1) is 0 Å². The van der Waals surface area contributed by atoms with E-state index in [0.717, 1.165) is 25.9 Å². The fourth-order valence-electron chi connectivity index (χ4n) is 3.16. The highest BCUT2D eigenvalue weighted by molar-refractivity contribution is 5.84. The molecule has 2 fully saturated rings. The second-order valence-electron chi connectivity index (χ2n) is 6.46. The molecule has 3 rings (SSSR count). The predicted molar refractivity (Wildman–Crippen MR) is 86.4 cm³/mol. The topological polar surface area (TPSA) is 41.6 Å². The van der Waals surface area contributed by atoms with Crippen molar-refractivity contribution in [1.82, 2.24) is 10.2 Å². The van der Waals surface area contributed by atoms with Gasteiger partial charge in [0.25, 0.3) is 0 Å². The van der Waals surface area contributed by atoms with Crippen LogP contribution in [0.4, 0.5) is 0 Å². The van der Waals surface area contributed by atoms with Crippen molar-refractivity contribution < 1.29 is 9.53 Å². The largest absolute Gasteiger partial charge is 0.465 e. The fraction of sp³-hybridized carbons (Fsp3) is 0.611. The molecule has 22 heavy (non-hydrogen) atoms. The Hall–Kier alpha value is -1.39. The van der Waals surface area contributed by atoms with Gasteiger partial charge in [-0.05, 0) is 56.8 Å². The van der Waals surface area contributed by atoms with Gasteiger partial charge < -0.3 is 4.74 Å². The molecule has 120 valence electrons. The average Bonchev–Trinajstić information content (AvgIpc) is 3.16. The number of ether oxygens (including phenoxy) is 1. The van der Waals surface area contributed by atoms with Gasteiger partial charge in [0.15, 0.2) is 0 Å². The zero-order valence-corrected chi connectivity index (χ0v) is 13.4. The summed E-state index contributed by atoms with van der Waals surface area (Å²) in [6.45, 7) is 6.51. The standard InChI is InChI=1S/C18H26N2O2/c1-2-22-17(21)18(8-9-18)19-13-15-6-5-7-16(12-15)14-20-10-3-4-11-20/h5-7,12,19H,2-4,8-11,13-14H2,1H3. The summed E-state index contributed by atoms with van der Waals surface area (Å²) in [7, 11) is 0. The van der Waals surface area contributed by atoms with Crippen molar-refractivity contribution in [1.29, 1.82) is 0 Å². The third kappa shape index (κ3) is 3.68. The molecule has 2 aliphatic rings. The van der Waals surface area contributed by atoms with Gasteiger partial charge in [0.2, 0.25) is 0 Å². The van der Waals surface area contributed by atoms with Crippen LogP contribution in [0, 0.1) is 0 Å². The molecule has 1 saturated carbocycles. The first-order valence-electron chi connectivity index (χ1n) is 8.44. The van der Waals surface area contributed by atoms with E-state index in [1.165, 1.54) is 37.1 Å². The molecule has 1 N–H and O–H groups in total. The van der Waals surface area contributed by atoms with Gasteiger partial charge in [0.05, 0.1) is 6.61 Å². The smallest absolute Gasteiger partial charge is 0.326 e. The first-order valence-corrected chi connectivity index (χ1v) is 8.44. The average molecular weight is 302 g/mol.